The third-order valence-electron chi connectivity index (χ3n) is 4.31. The van der Waals surface area contributed by atoms with Gasteiger partial charge in [0, 0.05) is 6.54 Å². The topological polar surface area (TPSA) is 47.6 Å². The van der Waals surface area contributed by atoms with Gasteiger partial charge in [-0.3, -0.25) is 4.79 Å². The number of ether oxygens (including phenoxy) is 2. The van der Waals surface area contributed by atoms with Gasteiger partial charge in [0.2, 0.25) is 0 Å². The first-order chi connectivity index (χ1) is 13.0. The molecule has 1 amide bonds. The summed E-state index contributed by atoms with van der Waals surface area (Å²) in [5.74, 6) is 1.59. The second kappa shape index (κ2) is 10.6. The minimum atomic E-state index is -0.461. The number of carbonyl (C=O) groups excluding carboxylic acids is 1. The number of amides is 1. The molecule has 0 bridgehead atoms. The van der Waals surface area contributed by atoms with E-state index in [1.807, 2.05) is 52.0 Å². The van der Waals surface area contributed by atoms with Crippen LogP contribution >= 0.6 is 0 Å². The highest BCUT2D eigenvalue weighted by atomic mass is 16.5. The lowest BCUT2D eigenvalue weighted by Crippen LogP contribution is -2.38. The first kappa shape index (κ1) is 20.8. The summed E-state index contributed by atoms with van der Waals surface area (Å²) in [6, 6.07) is 14.2. The lowest BCUT2D eigenvalue weighted by Gasteiger charge is -2.18. The quantitative estimate of drug-likeness (QED) is 0.622. The van der Waals surface area contributed by atoms with Crippen molar-refractivity contribution in [2.75, 3.05) is 13.2 Å². The molecular formula is C23H31NO3. The Kier molecular flexibility index (Phi) is 8.18. The molecule has 1 unspecified atom stereocenters. The van der Waals surface area contributed by atoms with E-state index in [0.29, 0.717) is 19.6 Å². The number of carbonyl (C=O) groups is 1. The van der Waals surface area contributed by atoms with Crippen LogP contribution in [0, 0.1) is 13.8 Å². The summed E-state index contributed by atoms with van der Waals surface area (Å²) in [5.41, 5.74) is 3.51. The van der Waals surface area contributed by atoms with Crippen molar-refractivity contribution in [3.8, 4) is 11.5 Å². The monoisotopic (exact) mass is 369 g/mol. The molecule has 0 radical (unpaired) electrons. The van der Waals surface area contributed by atoms with E-state index in [4.69, 9.17) is 9.47 Å². The van der Waals surface area contributed by atoms with Gasteiger partial charge < -0.3 is 14.8 Å². The molecule has 1 N–H and O–H groups in total. The van der Waals surface area contributed by atoms with Crippen LogP contribution in [0.5, 0.6) is 11.5 Å². The molecule has 0 fully saturated rings. The van der Waals surface area contributed by atoms with E-state index in [1.54, 1.807) is 0 Å². The van der Waals surface area contributed by atoms with Crippen molar-refractivity contribution in [2.45, 2.75) is 53.1 Å². The highest BCUT2D eigenvalue weighted by molar-refractivity contribution is 5.81. The fourth-order valence-corrected chi connectivity index (χ4v) is 3.02. The largest absolute Gasteiger partial charge is 0.494 e. The van der Waals surface area contributed by atoms with Crippen LogP contribution in [0.4, 0.5) is 0 Å². The first-order valence-electron chi connectivity index (χ1n) is 9.76. The summed E-state index contributed by atoms with van der Waals surface area (Å²) in [7, 11) is 0. The van der Waals surface area contributed by atoms with Crippen LogP contribution in [-0.2, 0) is 11.2 Å². The fourth-order valence-electron chi connectivity index (χ4n) is 3.02. The van der Waals surface area contributed by atoms with Crippen molar-refractivity contribution < 1.29 is 14.3 Å². The van der Waals surface area contributed by atoms with E-state index in [-0.39, 0.29) is 5.91 Å². The maximum absolute atomic E-state index is 12.4. The second-order valence-corrected chi connectivity index (χ2v) is 6.81. The van der Waals surface area contributed by atoms with Crippen molar-refractivity contribution in [1.29, 1.82) is 0 Å². The van der Waals surface area contributed by atoms with Gasteiger partial charge in [-0.15, -0.1) is 0 Å². The number of nitrogens with one attached hydrogen (secondary N) is 1. The van der Waals surface area contributed by atoms with Gasteiger partial charge in [-0.1, -0.05) is 25.1 Å². The average molecular weight is 370 g/mol. The predicted octanol–water partition coefficient (Wildman–Crippen LogP) is 4.61. The van der Waals surface area contributed by atoms with Crippen molar-refractivity contribution in [1.82, 2.24) is 5.32 Å². The summed E-state index contributed by atoms with van der Waals surface area (Å²) in [6.45, 7) is 9.31. The fraction of sp³-hybridized carbons (Fsp3) is 0.435. The van der Waals surface area contributed by atoms with E-state index < -0.39 is 6.10 Å². The Hall–Kier alpha value is -2.49. The molecule has 0 aliphatic heterocycles. The number of hydrogen-bond donors (Lipinski definition) is 1. The molecule has 0 aromatic heterocycles. The molecule has 2 aromatic carbocycles. The standard InChI is InChI=1S/C23H31NO3/c1-5-22(27-21-15-17(3)14-18(4)16-21)23(25)24-13-7-8-19-9-11-20(12-10-19)26-6-2/h9-12,14-16,22H,5-8,13H2,1-4H3,(H,24,25). The maximum Gasteiger partial charge on any atom is 0.261 e. The van der Waals surface area contributed by atoms with Crippen molar-refractivity contribution in [3.63, 3.8) is 0 Å². The van der Waals surface area contributed by atoms with Gasteiger partial charge in [0.1, 0.15) is 11.5 Å². The number of rotatable bonds is 10. The smallest absolute Gasteiger partial charge is 0.261 e. The molecule has 0 saturated carbocycles. The SMILES string of the molecule is CCOc1ccc(CCCNC(=O)C(CC)Oc2cc(C)cc(C)c2)cc1. The van der Waals surface area contributed by atoms with Crippen LogP contribution in [0.1, 0.15) is 43.4 Å². The predicted molar refractivity (Wildman–Crippen MR) is 110 cm³/mol. The van der Waals surface area contributed by atoms with Crippen LogP contribution in [0.3, 0.4) is 0 Å². The number of hydrogen-bond acceptors (Lipinski definition) is 3. The van der Waals surface area contributed by atoms with Crippen LogP contribution in [0.15, 0.2) is 42.5 Å². The van der Waals surface area contributed by atoms with E-state index in [0.717, 1.165) is 35.5 Å². The Morgan fingerprint density at radius 2 is 1.67 bits per heavy atom. The summed E-state index contributed by atoms with van der Waals surface area (Å²) < 4.78 is 11.4. The van der Waals surface area contributed by atoms with E-state index in [9.17, 15) is 4.79 Å². The summed E-state index contributed by atoms with van der Waals surface area (Å²) in [6.07, 6.45) is 1.98. The Labute approximate surface area is 162 Å². The highest BCUT2D eigenvalue weighted by Gasteiger charge is 2.18. The molecular weight excluding hydrogens is 338 g/mol. The number of aryl methyl sites for hydroxylation is 3. The van der Waals surface area contributed by atoms with Crippen molar-refractivity contribution >= 4 is 5.91 Å². The molecule has 0 spiro atoms. The molecule has 4 nitrogen and oxygen atoms in total. The van der Waals surface area contributed by atoms with Crippen LogP contribution < -0.4 is 14.8 Å². The van der Waals surface area contributed by atoms with Gasteiger partial charge in [0.15, 0.2) is 6.10 Å². The average Bonchev–Trinajstić information content (AvgIpc) is 2.64. The molecule has 146 valence electrons. The summed E-state index contributed by atoms with van der Waals surface area (Å²) in [4.78, 5) is 12.4. The highest BCUT2D eigenvalue weighted by Crippen LogP contribution is 2.18. The zero-order valence-electron chi connectivity index (χ0n) is 16.9. The lowest BCUT2D eigenvalue weighted by atomic mass is 10.1. The molecule has 1 atom stereocenters. The molecule has 2 aromatic rings. The van der Waals surface area contributed by atoms with Gasteiger partial charge in [-0.2, -0.15) is 0 Å². The zero-order valence-corrected chi connectivity index (χ0v) is 16.9. The second-order valence-electron chi connectivity index (χ2n) is 6.81. The normalized spacial score (nSPS) is 11.7. The Bertz CT molecular complexity index is 705. The molecule has 2 rings (SSSR count). The van der Waals surface area contributed by atoms with Crippen molar-refractivity contribution in [3.05, 3.63) is 59.2 Å². The van der Waals surface area contributed by atoms with E-state index in [1.165, 1.54) is 5.56 Å². The Morgan fingerprint density at radius 1 is 1.00 bits per heavy atom. The third-order valence-corrected chi connectivity index (χ3v) is 4.31. The van der Waals surface area contributed by atoms with Gasteiger partial charge in [-0.05, 0) is 81.0 Å². The van der Waals surface area contributed by atoms with E-state index >= 15 is 0 Å². The molecule has 0 saturated heterocycles. The minimum Gasteiger partial charge on any atom is -0.494 e. The van der Waals surface area contributed by atoms with E-state index in [2.05, 4.69) is 23.5 Å². The molecule has 0 heterocycles. The van der Waals surface area contributed by atoms with Gasteiger partial charge in [-0.25, -0.2) is 0 Å². The first-order valence-corrected chi connectivity index (χ1v) is 9.76. The molecule has 0 aliphatic carbocycles. The van der Waals surface area contributed by atoms with Crippen molar-refractivity contribution in [2.24, 2.45) is 0 Å². The van der Waals surface area contributed by atoms with Crippen LogP contribution in [0.2, 0.25) is 0 Å². The van der Waals surface area contributed by atoms with Gasteiger partial charge in [0.25, 0.3) is 5.91 Å². The Balaban J connectivity index is 1.77. The number of benzene rings is 2. The Morgan fingerprint density at radius 3 is 2.26 bits per heavy atom. The molecule has 27 heavy (non-hydrogen) atoms. The van der Waals surface area contributed by atoms with Gasteiger partial charge >= 0.3 is 0 Å². The van der Waals surface area contributed by atoms with Gasteiger partial charge in [0.05, 0.1) is 6.61 Å². The summed E-state index contributed by atoms with van der Waals surface area (Å²) >= 11 is 0. The lowest BCUT2D eigenvalue weighted by molar-refractivity contribution is -0.128. The van der Waals surface area contributed by atoms with Crippen LogP contribution in [0.25, 0.3) is 0 Å². The van der Waals surface area contributed by atoms with Crippen LogP contribution in [-0.4, -0.2) is 25.2 Å². The maximum atomic E-state index is 12.4. The molecule has 4 heteroatoms. The minimum absolute atomic E-state index is 0.0525. The third kappa shape index (κ3) is 6.97. The zero-order chi connectivity index (χ0) is 19.6. The molecule has 0 aliphatic rings. The summed E-state index contributed by atoms with van der Waals surface area (Å²) in [5, 5.41) is 3.00.